The predicted octanol–water partition coefficient (Wildman–Crippen LogP) is 1.06. The van der Waals surface area contributed by atoms with Crippen LogP contribution in [0.25, 0.3) is 0 Å². The van der Waals surface area contributed by atoms with E-state index in [1.165, 1.54) is 0 Å². The predicted molar refractivity (Wildman–Crippen MR) is 67.7 cm³/mol. The SMILES string of the molecule is C=CCn1ccnc1NCC1CCCS1(=O)=O. The van der Waals surface area contributed by atoms with Gasteiger partial charge in [-0.1, -0.05) is 6.08 Å². The molecular weight excluding hydrogens is 238 g/mol. The lowest BCUT2D eigenvalue weighted by Crippen LogP contribution is -2.26. The molecule has 1 fully saturated rings. The fourth-order valence-electron chi connectivity index (χ4n) is 2.06. The van der Waals surface area contributed by atoms with Gasteiger partial charge in [-0.25, -0.2) is 13.4 Å². The largest absolute Gasteiger partial charge is 0.354 e. The molecule has 0 saturated carbocycles. The quantitative estimate of drug-likeness (QED) is 0.799. The molecule has 0 amide bonds. The average molecular weight is 255 g/mol. The fraction of sp³-hybridized carbons (Fsp3) is 0.545. The minimum absolute atomic E-state index is 0.267. The number of sulfone groups is 1. The van der Waals surface area contributed by atoms with Gasteiger partial charge in [-0.3, -0.25) is 0 Å². The number of hydrogen-bond donors (Lipinski definition) is 1. The van der Waals surface area contributed by atoms with Gasteiger partial charge in [0.15, 0.2) is 9.84 Å². The van der Waals surface area contributed by atoms with Gasteiger partial charge in [-0.15, -0.1) is 6.58 Å². The van der Waals surface area contributed by atoms with Crippen molar-refractivity contribution >= 4 is 15.8 Å². The van der Waals surface area contributed by atoms with E-state index in [-0.39, 0.29) is 5.25 Å². The summed E-state index contributed by atoms with van der Waals surface area (Å²) in [5, 5.41) is 2.83. The van der Waals surface area contributed by atoms with Crippen LogP contribution in [0.15, 0.2) is 25.0 Å². The average Bonchev–Trinajstić information content (AvgIpc) is 2.83. The van der Waals surface area contributed by atoms with Crippen LogP contribution in [0, 0.1) is 0 Å². The van der Waals surface area contributed by atoms with Crippen LogP contribution >= 0.6 is 0 Å². The molecule has 94 valence electrons. The van der Waals surface area contributed by atoms with Crippen LogP contribution in [0.2, 0.25) is 0 Å². The number of allylic oxidation sites excluding steroid dienone is 1. The van der Waals surface area contributed by atoms with E-state index in [2.05, 4.69) is 16.9 Å². The molecule has 0 spiro atoms. The molecular formula is C11H17N3O2S. The molecule has 1 N–H and O–H groups in total. The van der Waals surface area contributed by atoms with Crippen molar-refractivity contribution in [3.05, 3.63) is 25.0 Å². The van der Waals surface area contributed by atoms with Crippen LogP contribution in [0.5, 0.6) is 0 Å². The maximum atomic E-state index is 11.6. The second-order valence-corrected chi connectivity index (χ2v) is 6.60. The smallest absolute Gasteiger partial charge is 0.203 e. The summed E-state index contributed by atoms with van der Waals surface area (Å²) in [4.78, 5) is 4.15. The third kappa shape index (κ3) is 2.69. The first-order valence-electron chi connectivity index (χ1n) is 5.71. The highest BCUT2D eigenvalue weighted by Crippen LogP contribution is 2.20. The lowest BCUT2D eigenvalue weighted by atomic mass is 10.2. The van der Waals surface area contributed by atoms with Crippen molar-refractivity contribution in [2.75, 3.05) is 17.6 Å². The van der Waals surface area contributed by atoms with Gasteiger partial charge in [0.2, 0.25) is 5.95 Å². The highest BCUT2D eigenvalue weighted by Gasteiger charge is 2.31. The first-order valence-corrected chi connectivity index (χ1v) is 7.42. The Balaban J connectivity index is 1.98. The number of anilines is 1. The molecule has 0 aliphatic carbocycles. The Morgan fingerprint density at radius 1 is 1.65 bits per heavy atom. The Kier molecular flexibility index (Phi) is 3.51. The number of nitrogens with zero attached hydrogens (tertiary/aromatic N) is 2. The molecule has 0 radical (unpaired) electrons. The molecule has 1 aliphatic heterocycles. The molecule has 5 nitrogen and oxygen atoms in total. The van der Waals surface area contributed by atoms with Gasteiger partial charge in [0.05, 0.1) is 11.0 Å². The van der Waals surface area contributed by atoms with Crippen LogP contribution in [0.1, 0.15) is 12.8 Å². The fourth-order valence-corrected chi connectivity index (χ4v) is 3.82. The zero-order valence-electron chi connectivity index (χ0n) is 9.67. The van der Waals surface area contributed by atoms with Crippen LogP contribution < -0.4 is 5.32 Å². The van der Waals surface area contributed by atoms with Gasteiger partial charge < -0.3 is 9.88 Å². The molecule has 1 saturated heterocycles. The molecule has 1 atom stereocenters. The van der Waals surface area contributed by atoms with E-state index in [9.17, 15) is 8.42 Å². The zero-order valence-corrected chi connectivity index (χ0v) is 10.5. The lowest BCUT2D eigenvalue weighted by molar-refractivity contribution is 0.591. The van der Waals surface area contributed by atoms with Crippen LogP contribution in [0.4, 0.5) is 5.95 Å². The summed E-state index contributed by atoms with van der Waals surface area (Å²) in [6.07, 6.45) is 6.83. The van der Waals surface area contributed by atoms with E-state index in [1.54, 1.807) is 12.3 Å². The van der Waals surface area contributed by atoms with Crippen molar-refractivity contribution in [3.8, 4) is 0 Å². The van der Waals surface area contributed by atoms with Crippen molar-refractivity contribution in [2.45, 2.75) is 24.6 Å². The number of rotatable bonds is 5. The normalized spacial score (nSPS) is 22.5. The van der Waals surface area contributed by atoms with E-state index in [4.69, 9.17) is 0 Å². The van der Waals surface area contributed by atoms with Crippen molar-refractivity contribution in [3.63, 3.8) is 0 Å². The van der Waals surface area contributed by atoms with Gasteiger partial charge in [-0.05, 0) is 12.8 Å². The molecule has 2 rings (SSSR count). The lowest BCUT2D eigenvalue weighted by Gasteiger charge is -2.12. The van der Waals surface area contributed by atoms with Gasteiger partial charge >= 0.3 is 0 Å². The van der Waals surface area contributed by atoms with E-state index in [0.29, 0.717) is 24.8 Å². The summed E-state index contributed by atoms with van der Waals surface area (Å²) < 4.78 is 25.2. The number of imidazole rings is 1. The molecule has 6 heteroatoms. The summed E-state index contributed by atoms with van der Waals surface area (Å²) in [7, 11) is -2.89. The molecule has 1 aromatic rings. The highest BCUT2D eigenvalue weighted by molar-refractivity contribution is 7.92. The molecule has 0 bridgehead atoms. The van der Waals surface area contributed by atoms with Crippen molar-refractivity contribution < 1.29 is 8.42 Å². The van der Waals surface area contributed by atoms with E-state index < -0.39 is 9.84 Å². The second kappa shape index (κ2) is 4.91. The van der Waals surface area contributed by atoms with Crippen molar-refractivity contribution in [1.29, 1.82) is 0 Å². The molecule has 17 heavy (non-hydrogen) atoms. The zero-order chi connectivity index (χ0) is 12.3. The second-order valence-electron chi connectivity index (χ2n) is 4.20. The minimum Gasteiger partial charge on any atom is -0.354 e. The first-order chi connectivity index (χ1) is 8.13. The maximum Gasteiger partial charge on any atom is 0.203 e. The third-order valence-electron chi connectivity index (χ3n) is 2.99. The van der Waals surface area contributed by atoms with Crippen LogP contribution in [-0.2, 0) is 16.4 Å². The topological polar surface area (TPSA) is 64.0 Å². The Labute approximate surface area is 101 Å². The monoisotopic (exact) mass is 255 g/mol. The Hall–Kier alpha value is -1.30. The first kappa shape index (κ1) is 12.2. The van der Waals surface area contributed by atoms with Crippen molar-refractivity contribution in [1.82, 2.24) is 9.55 Å². The molecule has 0 aromatic carbocycles. The number of nitrogens with one attached hydrogen (secondary N) is 1. The summed E-state index contributed by atoms with van der Waals surface area (Å²) in [6.45, 7) is 4.77. The summed E-state index contributed by atoms with van der Waals surface area (Å²) in [5.74, 6) is 1.02. The highest BCUT2D eigenvalue weighted by atomic mass is 32.2. The third-order valence-corrected chi connectivity index (χ3v) is 5.27. The van der Waals surface area contributed by atoms with Crippen LogP contribution in [0.3, 0.4) is 0 Å². The maximum absolute atomic E-state index is 11.6. The Morgan fingerprint density at radius 2 is 2.47 bits per heavy atom. The van der Waals surface area contributed by atoms with E-state index in [1.807, 2.05) is 10.8 Å². The van der Waals surface area contributed by atoms with Gasteiger partial charge in [0.1, 0.15) is 0 Å². The molecule has 1 unspecified atom stereocenters. The van der Waals surface area contributed by atoms with Gasteiger partial charge in [0, 0.05) is 25.5 Å². The number of aromatic nitrogens is 2. The Morgan fingerprint density at radius 3 is 3.12 bits per heavy atom. The van der Waals surface area contributed by atoms with E-state index in [0.717, 1.165) is 12.8 Å². The summed E-state index contributed by atoms with van der Waals surface area (Å²) in [5.41, 5.74) is 0. The number of hydrogen-bond acceptors (Lipinski definition) is 4. The van der Waals surface area contributed by atoms with Crippen LogP contribution in [-0.4, -0.2) is 35.5 Å². The van der Waals surface area contributed by atoms with Gasteiger partial charge in [-0.2, -0.15) is 0 Å². The molecule has 1 aliphatic rings. The van der Waals surface area contributed by atoms with Crippen molar-refractivity contribution in [2.24, 2.45) is 0 Å². The summed E-state index contributed by atoms with van der Waals surface area (Å²) in [6, 6.07) is 0. The standard InChI is InChI=1S/C11H17N3O2S/c1-2-6-14-7-5-12-11(14)13-9-10-4-3-8-17(10,15)16/h2,5,7,10H,1,3-4,6,8-9H2,(H,12,13). The van der Waals surface area contributed by atoms with Gasteiger partial charge in [0.25, 0.3) is 0 Å². The molecule has 2 heterocycles. The summed E-state index contributed by atoms with van der Waals surface area (Å²) >= 11 is 0. The molecule has 1 aromatic heterocycles. The van der Waals surface area contributed by atoms with E-state index >= 15 is 0 Å². The Bertz CT molecular complexity index is 493. The minimum atomic E-state index is -2.89.